The Morgan fingerprint density at radius 3 is 2.33 bits per heavy atom. The molecule has 9 atom stereocenters. The number of aliphatic hydroxyl groups is 3. The van der Waals surface area contributed by atoms with Gasteiger partial charge in [-0.25, -0.2) is 0 Å². The zero-order valence-corrected chi connectivity index (χ0v) is 15.3. The van der Waals surface area contributed by atoms with Gasteiger partial charge in [0.05, 0.1) is 23.7 Å². The summed E-state index contributed by atoms with van der Waals surface area (Å²) in [5.74, 6) is 0.141. The Morgan fingerprint density at radius 2 is 1.67 bits per heavy atom. The molecule has 4 aliphatic carbocycles. The molecule has 0 amide bonds. The van der Waals surface area contributed by atoms with Crippen LogP contribution in [0.5, 0.6) is 0 Å². The summed E-state index contributed by atoms with van der Waals surface area (Å²) in [6.45, 7) is 8.51. The molecule has 0 saturated heterocycles. The zero-order chi connectivity index (χ0) is 17.7. The molecule has 136 valence electrons. The van der Waals surface area contributed by atoms with Crippen molar-refractivity contribution >= 4 is 5.78 Å². The van der Waals surface area contributed by atoms with Crippen molar-refractivity contribution in [1.82, 2.24) is 0 Å². The molecule has 24 heavy (non-hydrogen) atoms. The molecule has 0 aliphatic heterocycles. The Hall–Kier alpha value is -0.450. The molecule has 0 aromatic carbocycles. The van der Waals surface area contributed by atoms with Crippen molar-refractivity contribution in [3.8, 4) is 0 Å². The monoisotopic (exact) mass is 336 g/mol. The first-order valence-corrected chi connectivity index (χ1v) is 9.65. The van der Waals surface area contributed by atoms with Gasteiger partial charge in [-0.1, -0.05) is 27.7 Å². The molecule has 4 nitrogen and oxygen atoms in total. The average Bonchev–Trinajstić information content (AvgIpc) is 2.58. The second-order valence-corrected chi connectivity index (χ2v) is 10.2. The zero-order valence-electron chi connectivity index (χ0n) is 15.3. The number of Topliss-reactive ketones (excluding diaryl/α,β-unsaturated/α-hetero) is 1. The number of rotatable bonds is 0. The lowest BCUT2D eigenvalue weighted by molar-refractivity contribution is -0.236. The fraction of sp³-hybridized carbons (Fsp3) is 0.950. The van der Waals surface area contributed by atoms with E-state index in [9.17, 15) is 20.1 Å². The molecule has 4 heteroatoms. The van der Waals surface area contributed by atoms with Crippen LogP contribution in [0.3, 0.4) is 0 Å². The second kappa shape index (κ2) is 4.83. The van der Waals surface area contributed by atoms with E-state index in [1.807, 2.05) is 6.92 Å². The largest absolute Gasteiger partial charge is 0.393 e. The van der Waals surface area contributed by atoms with Gasteiger partial charge < -0.3 is 15.3 Å². The number of hydrogen-bond donors (Lipinski definition) is 3. The molecule has 4 fully saturated rings. The molecule has 4 saturated carbocycles. The average molecular weight is 336 g/mol. The van der Waals surface area contributed by atoms with Gasteiger partial charge in [0.1, 0.15) is 5.78 Å². The molecule has 4 rings (SSSR count). The Bertz CT molecular complexity index is 572. The van der Waals surface area contributed by atoms with E-state index in [2.05, 4.69) is 20.8 Å². The van der Waals surface area contributed by atoms with E-state index in [1.54, 1.807) is 0 Å². The van der Waals surface area contributed by atoms with Gasteiger partial charge in [0.15, 0.2) is 0 Å². The van der Waals surface area contributed by atoms with Gasteiger partial charge in [-0.15, -0.1) is 0 Å². The molecule has 0 aromatic heterocycles. The molecular weight excluding hydrogens is 304 g/mol. The summed E-state index contributed by atoms with van der Waals surface area (Å²) in [6, 6.07) is 0. The first-order chi connectivity index (χ1) is 11.1. The van der Waals surface area contributed by atoms with Gasteiger partial charge in [-0.05, 0) is 60.7 Å². The van der Waals surface area contributed by atoms with E-state index in [0.717, 1.165) is 19.3 Å². The lowest BCUT2D eigenvalue weighted by Gasteiger charge is -2.65. The molecule has 1 spiro atoms. The van der Waals surface area contributed by atoms with Crippen molar-refractivity contribution in [2.45, 2.75) is 78.1 Å². The third kappa shape index (κ3) is 1.73. The Kier molecular flexibility index (Phi) is 3.42. The minimum Gasteiger partial charge on any atom is -0.393 e. The second-order valence-electron chi connectivity index (χ2n) is 10.2. The van der Waals surface area contributed by atoms with Crippen molar-refractivity contribution in [3.63, 3.8) is 0 Å². The van der Waals surface area contributed by atoms with Crippen LogP contribution < -0.4 is 0 Å². The van der Waals surface area contributed by atoms with E-state index in [-0.39, 0.29) is 46.4 Å². The summed E-state index contributed by atoms with van der Waals surface area (Å²) in [4.78, 5) is 13.2. The highest BCUT2D eigenvalue weighted by molar-refractivity contribution is 5.92. The van der Waals surface area contributed by atoms with Gasteiger partial charge >= 0.3 is 0 Å². The van der Waals surface area contributed by atoms with Gasteiger partial charge in [0.25, 0.3) is 0 Å². The molecule has 0 radical (unpaired) electrons. The van der Waals surface area contributed by atoms with E-state index in [0.29, 0.717) is 12.8 Å². The van der Waals surface area contributed by atoms with Gasteiger partial charge in [-0.2, -0.15) is 0 Å². The number of carbonyl (C=O) groups excluding carboxylic acids is 1. The highest BCUT2D eigenvalue weighted by atomic mass is 16.3. The predicted octanol–water partition coefficient (Wildman–Crippen LogP) is 2.15. The first-order valence-electron chi connectivity index (χ1n) is 9.65. The van der Waals surface area contributed by atoms with Gasteiger partial charge in [0.2, 0.25) is 0 Å². The number of aliphatic hydroxyl groups excluding tert-OH is 3. The van der Waals surface area contributed by atoms with Crippen molar-refractivity contribution in [2.24, 2.45) is 39.9 Å². The topological polar surface area (TPSA) is 77.8 Å². The van der Waals surface area contributed by atoms with E-state index in [4.69, 9.17) is 0 Å². The van der Waals surface area contributed by atoms with E-state index >= 15 is 0 Å². The Labute approximate surface area is 144 Å². The van der Waals surface area contributed by atoms with Crippen LogP contribution in [0, 0.1) is 39.9 Å². The highest BCUT2D eigenvalue weighted by Gasteiger charge is 2.74. The summed E-state index contributed by atoms with van der Waals surface area (Å²) in [5.41, 5.74) is -1.27. The highest BCUT2D eigenvalue weighted by Crippen LogP contribution is 2.71. The van der Waals surface area contributed by atoms with E-state index in [1.165, 1.54) is 0 Å². The molecule has 0 aromatic rings. The van der Waals surface area contributed by atoms with Crippen molar-refractivity contribution in [1.29, 1.82) is 0 Å². The van der Waals surface area contributed by atoms with Crippen LogP contribution in [0.4, 0.5) is 0 Å². The van der Waals surface area contributed by atoms with Crippen molar-refractivity contribution in [3.05, 3.63) is 0 Å². The molecule has 0 unspecified atom stereocenters. The molecule has 0 heterocycles. The number of ketones is 1. The first kappa shape index (κ1) is 17.0. The fourth-order valence-electron chi connectivity index (χ4n) is 7.97. The lowest BCUT2D eigenvalue weighted by Crippen LogP contribution is -2.68. The smallest absolute Gasteiger partial charge is 0.147 e. The van der Waals surface area contributed by atoms with Gasteiger partial charge in [0, 0.05) is 5.92 Å². The van der Waals surface area contributed by atoms with Crippen LogP contribution in [-0.2, 0) is 4.79 Å². The number of fused-ring (bicyclic) bond motifs is 3. The minimum absolute atomic E-state index is 0.00919. The van der Waals surface area contributed by atoms with Crippen LogP contribution in [0.25, 0.3) is 0 Å². The van der Waals surface area contributed by atoms with Crippen LogP contribution in [0.15, 0.2) is 0 Å². The number of hydrogen-bond acceptors (Lipinski definition) is 4. The van der Waals surface area contributed by atoms with E-state index < -0.39 is 17.6 Å². The van der Waals surface area contributed by atoms with Gasteiger partial charge in [-0.3, -0.25) is 4.79 Å². The molecule has 3 N–H and O–H groups in total. The lowest BCUT2D eigenvalue weighted by atomic mass is 9.39. The standard InChI is InChI=1S/C20H32O4/c1-10-12-5-6-13-19(4)9-11(21)8-18(2,3)14(19)7-15(22)20(13,16(10)23)17(12)24/h10-15,17,21-22,24H,5-9H2,1-4H3/t10-,11-,12+,13+,14-,15-,17-,19+,20+/m1/s1. The van der Waals surface area contributed by atoms with Crippen LogP contribution in [0.1, 0.15) is 59.8 Å². The maximum Gasteiger partial charge on any atom is 0.147 e. The van der Waals surface area contributed by atoms with Crippen LogP contribution in [-0.4, -0.2) is 39.4 Å². The molecule has 2 bridgehead atoms. The predicted molar refractivity (Wildman–Crippen MR) is 90.1 cm³/mol. The summed E-state index contributed by atoms with van der Waals surface area (Å²) in [5, 5.41) is 32.8. The summed E-state index contributed by atoms with van der Waals surface area (Å²) < 4.78 is 0. The summed E-state index contributed by atoms with van der Waals surface area (Å²) >= 11 is 0. The molecular formula is C20H32O4. The van der Waals surface area contributed by atoms with Crippen LogP contribution in [0.2, 0.25) is 0 Å². The Balaban J connectivity index is 1.87. The normalized spacial score (nSPS) is 59.0. The SMILES string of the molecule is C[C@H]1C(=O)[C@@]23[C@H](O)C[C@@H]4C(C)(C)C[C@@H](O)C[C@@]4(C)[C@@H]2CC[C@@H]1[C@H]3O. The quantitative estimate of drug-likeness (QED) is 0.633. The third-order valence-corrected chi connectivity index (χ3v) is 8.73. The minimum atomic E-state index is -0.999. The van der Waals surface area contributed by atoms with Crippen molar-refractivity contribution < 1.29 is 20.1 Å². The maximum absolute atomic E-state index is 13.2. The summed E-state index contributed by atoms with van der Waals surface area (Å²) in [7, 11) is 0. The molecule has 4 aliphatic rings. The van der Waals surface area contributed by atoms with Crippen molar-refractivity contribution in [2.75, 3.05) is 0 Å². The Morgan fingerprint density at radius 1 is 1.00 bits per heavy atom. The fourth-order valence-corrected chi connectivity index (χ4v) is 7.97. The maximum atomic E-state index is 13.2. The summed E-state index contributed by atoms with van der Waals surface area (Å²) in [6.07, 6.45) is 1.87. The van der Waals surface area contributed by atoms with Crippen LogP contribution >= 0.6 is 0 Å². The third-order valence-electron chi connectivity index (χ3n) is 8.73. The number of carbonyl (C=O) groups is 1.